The number of halogens is 3. The van der Waals surface area contributed by atoms with E-state index in [1.54, 1.807) is 6.07 Å². The highest BCUT2D eigenvalue weighted by atomic mass is 19.4. The Hall–Kier alpha value is -2.09. The molecule has 0 radical (unpaired) electrons. The summed E-state index contributed by atoms with van der Waals surface area (Å²) in [7, 11) is 0. The van der Waals surface area contributed by atoms with E-state index in [9.17, 15) is 22.8 Å². The van der Waals surface area contributed by atoms with Gasteiger partial charge in [-0.3, -0.25) is 19.4 Å². The van der Waals surface area contributed by atoms with Crippen LogP contribution in [0.25, 0.3) is 0 Å². The molecule has 1 unspecified atom stereocenters. The van der Waals surface area contributed by atoms with Crippen molar-refractivity contribution in [2.75, 3.05) is 37.7 Å². The first-order valence-electron chi connectivity index (χ1n) is 9.13. The number of benzene rings is 1. The van der Waals surface area contributed by atoms with Crippen LogP contribution in [0.3, 0.4) is 0 Å². The number of likely N-dealkylation sites (tertiary alicyclic amines) is 1. The molecule has 8 heteroatoms. The highest BCUT2D eigenvalue weighted by molar-refractivity contribution is 6.05. The van der Waals surface area contributed by atoms with Gasteiger partial charge in [-0.2, -0.15) is 13.2 Å². The summed E-state index contributed by atoms with van der Waals surface area (Å²) < 4.78 is 38.7. The van der Waals surface area contributed by atoms with Gasteiger partial charge in [-0.25, -0.2) is 0 Å². The highest BCUT2D eigenvalue weighted by Gasteiger charge is 2.47. The number of hydrogen-bond donors (Lipinski definition) is 0. The zero-order valence-electron chi connectivity index (χ0n) is 15.6. The number of carbonyl (C=O) groups is 2. The quantitative estimate of drug-likeness (QED) is 0.750. The van der Waals surface area contributed by atoms with Crippen molar-refractivity contribution < 1.29 is 22.8 Å². The van der Waals surface area contributed by atoms with E-state index < -0.39 is 17.2 Å². The normalized spacial score (nSPS) is 24.8. The van der Waals surface area contributed by atoms with Crippen LogP contribution in [-0.4, -0.2) is 54.5 Å². The predicted molar refractivity (Wildman–Crippen MR) is 95.0 cm³/mol. The molecule has 2 saturated heterocycles. The number of piperazine rings is 1. The fraction of sp³-hybridized carbons (Fsp3) is 0.579. The van der Waals surface area contributed by atoms with E-state index in [4.69, 9.17) is 0 Å². The van der Waals surface area contributed by atoms with Crippen molar-refractivity contribution in [2.45, 2.75) is 32.9 Å². The molecule has 3 rings (SSSR count). The minimum atomic E-state index is -4.36. The van der Waals surface area contributed by atoms with Crippen LogP contribution in [0.1, 0.15) is 32.3 Å². The number of hydrogen-bond acceptors (Lipinski definition) is 4. The molecule has 0 bridgehead atoms. The molecular formula is C19H24F3N3O2. The Balaban J connectivity index is 1.60. The van der Waals surface area contributed by atoms with E-state index in [1.165, 1.54) is 11.0 Å². The lowest BCUT2D eigenvalue weighted by atomic mass is 9.86. The van der Waals surface area contributed by atoms with E-state index in [0.29, 0.717) is 38.3 Å². The third-order valence-electron chi connectivity index (χ3n) is 5.64. The molecule has 0 N–H and O–H groups in total. The summed E-state index contributed by atoms with van der Waals surface area (Å²) in [6, 6.07) is 5.31. The van der Waals surface area contributed by atoms with Gasteiger partial charge < -0.3 is 4.90 Å². The van der Waals surface area contributed by atoms with Crippen molar-refractivity contribution in [3.8, 4) is 0 Å². The maximum absolute atomic E-state index is 12.9. The number of nitrogens with zero attached hydrogens (tertiary/aromatic N) is 3. The average Bonchev–Trinajstić information content (AvgIpc) is 2.85. The molecule has 0 spiro atoms. The summed E-state index contributed by atoms with van der Waals surface area (Å²) in [4.78, 5) is 30.0. The van der Waals surface area contributed by atoms with Crippen molar-refractivity contribution in [3.05, 3.63) is 29.8 Å². The predicted octanol–water partition coefficient (Wildman–Crippen LogP) is 2.96. The Bertz CT molecular complexity index is 729. The van der Waals surface area contributed by atoms with E-state index in [1.807, 2.05) is 23.6 Å². The first kappa shape index (κ1) is 19.7. The maximum Gasteiger partial charge on any atom is 0.416 e. The van der Waals surface area contributed by atoms with Crippen molar-refractivity contribution in [2.24, 2.45) is 5.41 Å². The van der Waals surface area contributed by atoms with Crippen molar-refractivity contribution in [3.63, 3.8) is 0 Å². The van der Waals surface area contributed by atoms with Crippen LogP contribution < -0.4 is 4.90 Å². The van der Waals surface area contributed by atoms with Crippen molar-refractivity contribution >= 4 is 17.5 Å². The molecule has 27 heavy (non-hydrogen) atoms. The molecular weight excluding hydrogens is 359 g/mol. The van der Waals surface area contributed by atoms with E-state index in [2.05, 4.69) is 0 Å². The number of amides is 2. The molecule has 2 aliphatic heterocycles. The van der Waals surface area contributed by atoms with Gasteiger partial charge in [0.15, 0.2) is 0 Å². The molecule has 1 atom stereocenters. The fourth-order valence-electron chi connectivity index (χ4n) is 3.59. The van der Waals surface area contributed by atoms with E-state index >= 15 is 0 Å². The monoisotopic (exact) mass is 383 g/mol. The summed E-state index contributed by atoms with van der Waals surface area (Å²) in [5, 5.41) is 0. The lowest BCUT2D eigenvalue weighted by Gasteiger charge is -2.37. The molecule has 1 aromatic carbocycles. The van der Waals surface area contributed by atoms with Crippen LogP contribution in [0.2, 0.25) is 0 Å². The molecule has 148 valence electrons. The highest BCUT2D eigenvalue weighted by Crippen LogP contribution is 2.36. The Labute approximate surface area is 156 Å². The Kier molecular flexibility index (Phi) is 5.20. The Morgan fingerprint density at radius 1 is 1.11 bits per heavy atom. The summed E-state index contributed by atoms with van der Waals surface area (Å²) in [5.74, 6) is -0.278. The lowest BCUT2D eigenvalue weighted by Crippen LogP contribution is -2.51. The van der Waals surface area contributed by atoms with Crippen LogP contribution in [-0.2, 0) is 15.8 Å². The summed E-state index contributed by atoms with van der Waals surface area (Å²) >= 11 is 0. The number of anilines is 1. The molecule has 5 nitrogen and oxygen atoms in total. The van der Waals surface area contributed by atoms with Crippen LogP contribution in [0.15, 0.2) is 24.3 Å². The Morgan fingerprint density at radius 3 is 2.33 bits per heavy atom. The number of rotatable bonds is 4. The van der Waals surface area contributed by atoms with Crippen LogP contribution in [0.5, 0.6) is 0 Å². The first-order chi connectivity index (χ1) is 12.6. The second kappa shape index (κ2) is 7.14. The van der Waals surface area contributed by atoms with Gasteiger partial charge in [0.1, 0.15) is 0 Å². The number of carbonyl (C=O) groups excluding carboxylic acids is 2. The van der Waals surface area contributed by atoms with Gasteiger partial charge >= 0.3 is 6.18 Å². The lowest BCUT2D eigenvalue weighted by molar-refractivity contribution is -0.143. The minimum Gasteiger partial charge on any atom is -0.369 e. The molecule has 0 aromatic heterocycles. The largest absolute Gasteiger partial charge is 0.416 e. The third-order valence-corrected chi connectivity index (χ3v) is 5.64. The molecule has 0 saturated carbocycles. The van der Waals surface area contributed by atoms with E-state index in [-0.39, 0.29) is 24.9 Å². The van der Waals surface area contributed by atoms with Gasteiger partial charge in [-0.1, -0.05) is 19.9 Å². The summed E-state index contributed by atoms with van der Waals surface area (Å²) in [6.07, 6.45) is -3.50. The third kappa shape index (κ3) is 3.95. The topological polar surface area (TPSA) is 43.9 Å². The van der Waals surface area contributed by atoms with Crippen LogP contribution >= 0.6 is 0 Å². The summed E-state index contributed by atoms with van der Waals surface area (Å²) in [6.45, 7) is 6.22. The standard InChI is InChI=1S/C19H24F3N3O2/c1-3-18(2)12-16(26)25(17(18)27)13-23-7-9-24(10-8-23)15-6-4-5-14(11-15)19(20,21)22/h4-6,11H,3,7-10,12-13H2,1-2H3. The van der Waals surface area contributed by atoms with E-state index in [0.717, 1.165) is 12.1 Å². The van der Waals surface area contributed by atoms with Gasteiger partial charge in [0.2, 0.25) is 11.8 Å². The molecule has 2 aliphatic rings. The van der Waals surface area contributed by atoms with Crippen LogP contribution in [0.4, 0.5) is 18.9 Å². The Morgan fingerprint density at radius 2 is 1.78 bits per heavy atom. The SMILES string of the molecule is CCC1(C)CC(=O)N(CN2CCN(c3cccc(C(F)(F)F)c3)CC2)C1=O. The molecule has 2 heterocycles. The van der Waals surface area contributed by atoms with Crippen LogP contribution in [0, 0.1) is 5.41 Å². The number of alkyl halides is 3. The maximum atomic E-state index is 12.9. The molecule has 2 fully saturated rings. The average molecular weight is 383 g/mol. The molecule has 0 aliphatic carbocycles. The number of imide groups is 1. The van der Waals surface area contributed by atoms with Crippen molar-refractivity contribution in [1.82, 2.24) is 9.80 Å². The smallest absolute Gasteiger partial charge is 0.369 e. The zero-order chi connectivity index (χ0) is 19.8. The second-order valence-corrected chi connectivity index (χ2v) is 7.51. The van der Waals surface area contributed by atoms with Gasteiger partial charge in [-0.15, -0.1) is 0 Å². The molecule has 1 aromatic rings. The van der Waals surface area contributed by atoms with Gasteiger partial charge in [-0.05, 0) is 24.6 Å². The fourth-order valence-corrected chi connectivity index (χ4v) is 3.59. The minimum absolute atomic E-state index is 0.129. The first-order valence-corrected chi connectivity index (χ1v) is 9.13. The van der Waals surface area contributed by atoms with Gasteiger partial charge in [0.05, 0.1) is 17.6 Å². The van der Waals surface area contributed by atoms with Gasteiger partial charge in [0.25, 0.3) is 0 Å². The molecule has 2 amide bonds. The summed E-state index contributed by atoms with van der Waals surface area (Å²) in [5.41, 5.74) is -0.734. The zero-order valence-corrected chi connectivity index (χ0v) is 15.6. The second-order valence-electron chi connectivity index (χ2n) is 7.51. The van der Waals surface area contributed by atoms with Crippen molar-refractivity contribution in [1.29, 1.82) is 0 Å². The van der Waals surface area contributed by atoms with Gasteiger partial charge in [0, 0.05) is 38.3 Å².